The fraction of sp³-hybridized carbons (Fsp3) is 0. The van der Waals surface area contributed by atoms with Gasteiger partial charge in [0, 0.05) is 42.2 Å². The summed E-state index contributed by atoms with van der Waals surface area (Å²) in [5.74, 6) is -1.57. The molecule has 0 saturated carbocycles. The summed E-state index contributed by atoms with van der Waals surface area (Å²) in [6.45, 7) is 0. The lowest BCUT2D eigenvalue weighted by atomic mass is 10.2. The average molecular weight is 302 g/mol. The SMILES string of the molecule is O=c1ccc(-c2cnc(Oc3cc(F)cc(F)c3)nc2)n[nH]1. The maximum Gasteiger partial charge on any atom is 0.321 e. The molecular formula is C14H8F2N4O2. The Hall–Kier alpha value is -3.16. The molecule has 6 nitrogen and oxygen atoms in total. The Kier molecular flexibility index (Phi) is 3.57. The summed E-state index contributed by atoms with van der Waals surface area (Å²) in [7, 11) is 0. The van der Waals surface area contributed by atoms with Crippen LogP contribution in [0.5, 0.6) is 11.8 Å². The van der Waals surface area contributed by atoms with Crippen LogP contribution in [0, 0.1) is 11.6 Å². The lowest BCUT2D eigenvalue weighted by molar-refractivity contribution is 0.432. The fourth-order valence-corrected chi connectivity index (χ4v) is 1.70. The van der Waals surface area contributed by atoms with Crippen molar-refractivity contribution in [3.63, 3.8) is 0 Å². The summed E-state index contributed by atoms with van der Waals surface area (Å²) in [6.07, 6.45) is 2.83. The minimum atomic E-state index is -0.760. The molecule has 0 spiro atoms. The van der Waals surface area contributed by atoms with Gasteiger partial charge in [-0.15, -0.1) is 0 Å². The van der Waals surface area contributed by atoms with E-state index in [1.165, 1.54) is 24.5 Å². The van der Waals surface area contributed by atoms with Crippen LogP contribution >= 0.6 is 0 Å². The van der Waals surface area contributed by atoms with E-state index in [1.807, 2.05) is 0 Å². The van der Waals surface area contributed by atoms with Crippen LogP contribution in [-0.2, 0) is 0 Å². The van der Waals surface area contributed by atoms with Gasteiger partial charge in [0.25, 0.3) is 5.56 Å². The minimum absolute atomic E-state index is 0.0487. The molecule has 0 aliphatic rings. The fourth-order valence-electron chi connectivity index (χ4n) is 1.70. The van der Waals surface area contributed by atoms with Crippen LogP contribution in [-0.4, -0.2) is 20.2 Å². The van der Waals surface area contributed by atoms with Crippen LogP contribution in [0.2, 0.25) is 0 Å². The highest BCUT2D eigenvalue weighted by Crippen LogP contribution is 2.21. The Morgan fingerprint density at radius 3 is 2.27 bits per heavy atom. The Labute approximate surface area is 122 Å². The van der Waals surface area contributed by atoms with Crippen molar-refractivity contribution in [2.24, 2.45) is 0 Å². The Balaban J connectivity index is 1.82. The summed E-state index contributed by atoms with van der Waals surface area (Å²) in [5.41, 5.74) is 0.703. The maximum atomic E-state index is 13.1. The highest BCUT2D eigenvalue weighted by Gasteiger charge is 2.06. The quantitative estimate of drug-likeness (QED) is 0.803. The summed E-state index contributed by atoms with van der Waals surface area (Å²) in [5, 5.41) is 6.12. The highest BCUT2D eigenvalue weighted by atomic mass is 19.1. The van der Waals surface area contributed by atoms with E-state index < -0.39 is 11.6 Å². The van der Waals surface area contributed by atoms with Gasteiger partial charge >= 0.3 is 6.01 Å². The molecule has 1 aromatic carbocycles. The normalized spacial score (nSPS) is 10.5. The highest BCUT2D eigenvalue weighted by molar-refractivity contribution is 5.55. The van der Waals surface area contributed by atoms with E-state index in [0.717, 1.165) is 18.2 Å². The monoisotopic (exact) mass is 302 g/mol. The first kappa shape index (κ1) is 13.8. The largest absolute Gasteiger partial charge is 0.424 e. The predicted octanol–water partition coefficient (Wildman–Crippen LogP) is 2.30. The second-order valence-corrected chi connectivity index (χ2v) is 4.27. The molecule has 1 N–H and O–H groups in total. The lowest BCUT2D eigenvalue weighted by Gasteiger charge is -2.04. The Bertz CT molecular complexity index is 825. The summed E-state index contributed by atoms with van der Waals surface area (Å²) in [6, 6.07) is 5.53. The number of ether oxygens (including phenoxy) is 1. The molecule has 0 fully saturated rings. The number of nitrogens with one attached hydrogen (secondary N) is 1. The average Bonchev–Trinajstić information content (AvgIpc) is 2.48. The minimum Gasteiger partial charge on any atom is -0.424 e. The van der Waals surface area contributed by atoms with Crippen molar-refractivity contribution in [3.05, 3.63) is 64.7 Å². The van der Waals surface area contributed by atoms with Crippen molar-refractivity contribution in [1.82, 2.24) is 20.2 Å². The predicted molar refractivity (Wildman–Crippen MR) is 72.3 cm³/mol. The molecule has 0 atom stereocenters. The molecule has 0 radical (unpaired) electrons. The zero-order valence-corrected chi connectivity index (χ0v) is 11.0. The molecule has 3 rings (SSSR count). The van der Waals surface area contributed by atoms with Gasteiger partial charge in [0.05, 0.1) is 5.69 Å². The molecule has 0 unspecified atom stereocenters. The number of halogens is 2. The number of aromatic amines is 1. The van der Waals surface area contributed by atoms with Gasteiger partial charge in [-0.2, -0.15) is 5.10 Å². The molecule has 22 heavy (non-hydrogen) atoms. The van der Waals surface area contributed by atoms with Gasteiger partial charge in [-0.25, -0.2) is 23.8 Å². The molecule has 0 aliphatic heterocycles. The van der Waals surface area contributed by atoms with Gasteiger partial charge in [-0.05, 0) is 6.07 Å². The van der Waals surface area contributed by atoms with E-state index in [9.17, 15) is 13.6 Å². The van der Waals surface area contributed by atoms with Crippen molar-refractivity contribution >= 4 is 0 Å². The second kappa shape index (κ2) is 5.68. The second-order valence-electron chi connectivity index (χ2n) is 4.27. The number of rotatable bonds is 3. The van der Waals surface area contributed by atoms with E-state index in [4.69, 9.17) is 4.74 Å². The molecule has 0 aliphatic carbocycles. The molecule has 3 aromatic rings. The smallest absolute Gasteiger partial charge is 0.321 e. The van der Waals surface area contributed by atoms with Crippen LogP contribution in [0.1, 0.15) is 0 Å². The topological polar surface area (TPSA) is 80.8 Å². The van der Waals surface area contributed by atoms with Crippen LogP contribution in [0.15, 0.2) is 47.5 Å². The van der Waals surface area contributed by atoms with Gasteiger partial charge in [0.2, 0.25) is 0 Å². The van der Waals surface area contributed by atoms with Crippen molar-refractivity contribution in [1.29, 1.82) is 0 Å². The standard InChI is InChI=1S/C14H8F2N4O2/c15-9-3-10(16)5-11(4-9)22-14-17-6-8(7-18-14)12-1-2-13(21)20-19-12/h1-7H,(H,20,21). The molecule has 2 heterocycles. The number of hydrogen-bond donors (Lipinski definition) is 1. The molecule has 2 aromatic heterocycles. The third-order valence-corrected chi connectivity index (χ3v) is 2.65. The Morgan fingerprint density at radius 2 is 1.68 bits per heavy atom. The number of H-pyrrole nitrogens is 1. The maximum absolute atomic E-state index is 13.1. The van der Waals surface area contributed by atoms with E-state index >= 15 is 0 Å². The first-order chi connectivity index (χ1) is 10.6. The van der Waals surface area contributed by atoms with Crippen LogP contribution < -0.4 is 10.3 Å². The number of aromatic nitrogens is 4. The molecular weight excluding hydrogens is 294 g/mol. The Morgan fingerprint density at radius 1 is 1.00 bits per heavy atom. The summed E-state index contributed by atoms with van der Waals surface area (Å²) >= 11 is 0. The summed E-state index contributed by atoms with van der Waals surface area (Å²) in [4.78, 5) is 18.8. The van der Waals surface area contributed by atoms with Crippen molar-refractivity contribution in [3.8, 4) is 23.0 Å². The van der Waals surface area contributed by atoms with Crippen LogP contribution in [0.4, 0.5) is 8.78 Å². The first-order valence-corrected chi connectivity index (χ1v) is 6.12. The number of nitrogens with zero attached hydrogens (tertiary/aromatic N) is 3. The zero-order chi connectivity index (χ0) is 15.5. The van der Waals surface area contributed by atoms with Gasteiger partial charge in [-0.1, -0.05) is 0 Å². The molecule has 0 saturated heterocycles. The molecule has 0 bridgehead atoms. The lowest BCUT2D eigenvalue weighted by Crippen LogP contribution is -2.05. The number of benzene rings is 1. The third-order valence-electron chi connectivity index (χ3n) is 2.65. The number of hydrogen-bond acceptors (Lipinski definition) is 5. The van der Waals surface area contributed by atoms with Gasteiger partial charge in [0.1, 0.15) is 17.4 Å². The van der Waals surface area contributed by atoms with E-state index in [-0.39, 0.29) is 17.3 Å². The van der Waals surface area contributed by atoms with Gasteiger partial charge in [-0.3, -0.25) is 4.79 Å². The van der Waals surface area contributed by atoms with E-state index in [2.05, 4.69) is 20.2 Å². The van der Waals surface area contributed by atoms with Crippen LogP contribution in [0.3, 0.4) is 0 Å². The van der Waals surface area contributed by atoms with Crippen molar-refractivity contribution < 1.29 is 13.5 Å². The van der Waals surface area contributed by atoms with Crippen LogP contribution in [0.25, 0.3) is 11.3 Å². The van der Waals surface area contributed by atoms with Gasteiger partial charge < -0.3 is 4.74 Å². The van der Waals surface area contributed by atoms with Gasteiger partial charge in [0.15, 0.2) is 0 Å². The molecule has 8 heteroatoms. The third kappa shape index (κ3) is 3.11. The van der Waals surface area contributed by atoms with Crippen molar-refractivity contribution in [2.75, 3.05) is 0 Å². The van der Waals surface area contributed by atoms with E-state index in [1.54, 1.807) is 0 Å². The summed E-state index contributed by atoms with van der Waals surface area (Å²) < 4.78 is 31.3. The zero-order valence-electron chi connectivity index (χ0n) is 11.0. The molecule has 110 valence electrons. The van der Waals surface area contributed by atoms with E-state index in [0.29, 0.717) is 11.3 Å². The first-order valence-electron chi connectivity index (χ1n) is 6.12. The molecule has 0 amide bonds. The van der Waals surface area contributed by atoms with Crippen molar-refractivity contribution in [2.45, 2.75) is 0 Å².